The van der Waals surface area contributed by atoms with Crippen LogP contribution in [0.3, 0.4) is 0 Å². The van der Waals surface area contributed by atoms with Crippen molar-refractivity contribution in [3.05, 3.63) is 34.8 Å². The summed E-state index contributed by atoms with van der Waals surface area (Å²) in [5.41, 5.74) is 2.83. The van der Waals surface area contributed by atoms with Crippen LogP contribution < -0.4 is 16.4 Å². The van der Waals surface area contributed by atoms with Crippen LogP contribution in [-0.2, 0) is 9.53 Å². The van der Waals surface area contributed by atoms with Crippen molar-refractivity contribution in [1.82, 2.24) is 10.3 Å². The first-order valence-corrected chi connectivity index (χ1v) is 7.49. The lowest BCUT2D eigenvalue weighted by atomic mass is 10.2. The Hall–Kier alpha value is -2.17. The lowest BCUT2D eigenvalue weighted by Gasteiger charge is -2.23. The highest BCUT2D eigenvalue weighted by Gasteiger charge is 2.36. The molecule has 25 heavy (non-hydrogen) atoms. The van der Waals surface area contributed by atoms with E-state index in [-0.39, 0.29) is 11.8 Å². The predicted octanol–water partition coefficient (Wildman–Crippen LogP) is 1.67. The van der Waals surface area contributed by atoms with Crippen molar-refractivity contribution < 1.29 is 22.7 Å². The lowest BCUT2D eigenvalue weighted by Crippen LogP contribution is -2.33. The molecule has 11 heteroatoms. The summed E-state index contributed by atoms with van der Waals surface area (Å²) in [4.78, 5) is 16.0. The summed E-state index contributed by atoms with van der Waals surface area (Å²) in [7, 11) is 0. The largest absolute Gasteiger partial charge is 0.432 e. The fourth-order valence-corrected chi connectivity index (χ4v) is 2.17. The van der Waals surface area contributed by atoms with Crippen LogP contribution >= 0.6 is 11.6 Å². The topological polar surface area (TPSA) is 113 Å². The van der Waals surface area contributed by atoms with Gasteiger partial charge in [0, 0.05) is 13.1 Å². The highest BCUT2D eigenvalue weighted by Crippen LogP contribution is 2.26. The summed E-state index contributed by atoms with van der Waals surface area (Å²) in [5, 5.41) is 11.6. The van der Waals surface area contributed by atoms with Crippen molar-refractivity contribution in [1.29, 1.82) is 5.41 Å². The smallest absolute Gasteiger partial charge is 0.393 e. The normalized spacial score (nSPS) is 19.1. The van der Waals surface area contributed by atoms with E-state index in [1.807, 2.05) is 0 Å². The number of morpholine rings is 1. The highest BCUT2D eigenvalue weighted by molar-refractivity contribution is 6.60. The average molecular weight is 378 g/mol. The van der Waals surface area contributed by atoms with Crippen molar-refractivity contribution in [3.8, 4) is 0 Å². The molecule has 0 unspecified atom stereocenters. The van der Waals surface area contributed by atoms with Gasteiger partial charge in [-0.1, -0.05) is 11.6 Å². The van der Waals surface area contributed by atoms with Gasteiger partial charge in [-0.2, -0.15) is 13.2 Å². The van der Waals surface area contributed by atoms with E-state index in [2.05, 4.69) is 15.6 Å². The quantitative estimate of drug-likeness (QED) is 0.596. The second kappa shape index (κ2) is 7.81. The summed E-state index contributed by atoms with van der Waals surface area (Å²) in [5.74, 6) is -1.14. The number of nitrogens with zero attached hydrogens (tertiary/aromatic N) is 1. The molecule has 1 aromatic rings. The average Bonchev–Trinajstić information content (AvgIpc) is 2.60. The third kappa shape index (κ3) is 4.91. The Morgan fingerprint density at radius 1 is 1.48 bits per heavy atom. The molecule has 7 nitrogen and oxygen atoms in total. The number of halogens is 4. The summed E-state index contributed by atoms with van der Waals surface area (Å²) in [6, 6.07) is 3.11. The van der Waals surface area contributed by atoms with Gasteiger partial charge in [0.2, 0.25) is 0 Å². The first-order valence-electron chi connectivity index (χ1n) is 7.11. The molecular formula is C14H15ClF3N5O2. The zero-order valence-corrected chi connectivity index (χ0v) is 13.5. The van der Waals surface area contributed by atoms with Crippen LogP contribution in [0.15, 0.2) is 29.1 Å². The van der Waals surface area contributed by atoms with Gasteiger partial charge in [-0.15, -0.1) is 0 Å². The molecule has 1 saturated heterocycles. The zero-order chi connectivity index (χ0) is 18.6. The fraction of sp³-hybridized carbons (Fsp3) is 0.357. The molecule has 1 aliphatic rings. The van der Waals surface area contributed by atoms with Gasteiger partial charge in [-0.05, 0) is 12.1 Å². The molecular weight excluding hydrogens is 363 g/mol. The molecule has 1 fully saturated rings. The fourth-order valence-electron chi connectivity index (χ4n) is 1.98. The first-order chi connectivity index (χ1) is 11.7. The Balaban J connectivity index is 2.04. The van der Waals surface area contributed by atoms with Crippen molar-refractivity contribution in [2.75, 3.05) is 25.0 Å². The molecule has 1 atom stereocenters. The third-order valence-electron chi connectivity index (χ3n) is 3.29. The second-order valence-corrected chi connectivity index (χ2v) is 5.47. The number of alkyl halides is 3. The minimum absolute atomic E-state index is 0.192. The standard InChI is InChI=1S/C14H15ClF3N5O2/c15-10(12(20)14(16,17)18)11(19)13(24)23-7-1-2-8(22-5-7)9-6-21-3-4-25-9/h1-2,5,9,19,21H,3-4,6,20H2,(H,23,24)/t9-/m1/s1. The number of aromatic nitrogens is 1. The van der Waals surface area contributed by atoms with Crippen LogP contribution in [0, 0.1) is 5.41 Å². The number of hydrogen-bond donors (Lipinski definition) is 4. The molecule has 5 N–H and O–H groups in total. The van der Waals surface area contributed by atoms with E-state index in [0.717, 1.165) is 6.54 Å². The maximum atomic E-state index is 12.4. The van der Waals surface area contributed by atoms with E-state index >= 15 is 0 Å². The Morgan fingerprint density at radius 2 is 2.20 bits per heavy atom. The molecule has 2 rings (SSSR count). The van der Waals surface area contributed by atoms with Crippen molar-refractivity contribution in [2.24, 2.45) is 5.73 Å². The zero-order valence-electron chi connectivity index (χ0n) is 12.8. The van der Waals surface area contributed by atoms with E-state index in [1.165, 1.54) is 12.3 Å². The lowest BCUT2D eigenvalue weighted by molar-refractivity contribution is -0.110. The summed E-state index contributed by atoms with van der Waals surface area (Å²) in [6.45, 7) is 1.90. The molecule has 2 heterocycles. The molecule has 136 valence electrons. The number of ether oxygens (including phenoxy) is 1. The van der Waals surface area contributed by atoms with E-state index in [1.54, 1.807) is 6.07 Å². The van der Waals surface area contributed by atoms with Gasteiger partial charge >= 0.3 is 6.18 Å². The summed E-state index contributed by atoms with van der Waals surface area (Å²) < 4.78 is 42.9. The van der Waals surface area contributed by atoms with Crippen LogP contribution in [0.5, 0.6) is 0 Å². The molecule has 1 amide bonds. The number of carbonyl (C=O) groups excluding carboxylic acids is 1. The van der Waals surface area contributed by atoms with Crippen LogP contribution in [-0.4, -0.2) is 42.5 Å². The number of pyridine rings is 1. The maximum Gasteiger partial charge on any atom is 0.432 e. The number of nitrogens with one attached hydrogen (secondary N) is 3. The summed E-state index contributed by atoms with van der Waals surface area (Å²) >= 11 is 5.36. The number of carbonyl (C=O) groups is 1. The molecule has 1 aliphatic heterocycles. The number of rotatable bonds is 4. The predicted molar refractivity (Wildman–Crippen MR) is 85.3 cm³/mol. The molecule has 0 aliphatic carbocycles. The number of allylic oxidation sites excluding steroid dienone is 1. The van der Waals surface area contributed by atoms with Gasteiger partial charge in [0.05, 0.1) is 29.2 Å². The van der Waals surface area contributed by atoms with Crippen LogP contribution in [0.1, 0.15) is 11.8 Å². The van der Waals surface area contributed by atoms with Crippen molar-refractivity contribution in [2.45, 2.75) is 12.3 Å². The van der Waals surface area contributed by atoms with Gasteiger partial charge < -0.3 is 21.1 Å². The number of nitrogens with two attached hydrogens (primary N) is 1. The Bertz CT molecular complexity index is 685. The molecule has 0 spiro atoms. The first kappa shape index (κ1) is 19.2. The SMILES string of the molecule is N=C(C(=O)Nc1ccc([C@H]2CNCCO2)nc1)C(Cl)=C(N)C(F)(F)F. The van der Waals surface area contributed by atoms with E-state index in [9.17, 15) is 18.0 Å². The van der Waals surface area contributed by atoms with Crippen LogP contribution in [0.25, 0.3) is 0 Å². The van der Waals surface area contributed by atoms with Gasteiger partial charge in [0.25, 0.3) is 5.91 Å². The maximum absolute atomic E-state index is 12.4. The number of hydrogen-bond acceptors (Lipinski definition) is 6. The number of amides is 1. The Labute approximate surface area is 145 Å². The molecule has 0 bridgehead atoms. The van der Waals surface area contributed by atoms with Gasteiger partial charge in [0.15, 0.2) is 0 Å². The van der Waals surface area contributed by atoms with E-state index in [4.69, 9.17) is 27.5 Å². The van der Waals surface area contributed by atoms with E-state index < -0.39 is 28.5 Å². The summed E-state index contributed by atoms with van der Waals surface area (Å²) in [6.07, 6.45) is -3.84. The Morgan fingerprint density at radius 3 is 2.72 bits per heavy atom. The van der Waals surface area contributed by atoms with Crippen molar-refractivity contribution >= 4 is 28.9 Å². The number of anilines is 1. The molecule has 0 aromatic carbocycles. The second-order valence-electron chi connectivity index (χ2n) is 5.09. The minimum atomic E-state index is -4.93. The van der Waals surface area contributed by atoms with Crippen LogP contribution in [0.4, 0.5) is 18.9 Å². The monoisotopic (exact) mass is 377 g/mol. The molecule has 0 saturated carbocycles. The minimum Gasteiger partial charge on any atom is -0.393 e. The van der Waals surface area contributed by atoms with Gasteiger partial charge in [-0.25, -0.2) is 0 Å². The molecule has 1 aromatic heterocycles. The van der Waals surface area contributed by atoms with Crippen molar-refractivity contribution in [3.63, 3.8) is 0 Å². The van der Waals surface area contributed by atoms with E-state index in [0.29, 0.717) is 18.8 Å². The van der Waals surface area contributed by atoms with Crippen LogP contribution in [0.2, 0.25) is 0 Å². The third-order valence-corrected chi connectivity index (χ3v) is 3.68. The Kier molecular flexibility index (Phi) is 5.98. The molecule has 0 radical (unpaired) electrons. The van der Waals surface area contributed by atoms with Gasteiger partial charge in [-0.3, -0.25) is 15.2 Å². The van der Waals surface area contributed by atoms with Gasteiger partial charge in [0.1, 0.15) is 17.5 Å². The highest BCUT2D eigenvalue weighted by atomic mass is 35.5.